The number of amides is 5. The second-order valence-electron chi connectivity index (χ2n) is 6.21. The van der Waals surface area contributed by atoms with Gasteiger partial charge in [-0.25, -0.2) is 10.6 Å². The zero-order valence-electron chi connectivity index (χ0n) is 15.2. The van der Waals surface area contributed by atoms with Crippen molar-refractivity contribution in [2.45, 2.75) is 39.3 Å². The minimum atomic E-state index is -0.926. The molecule has 7 N–H and O–H groups in total. The van der Waals surface area contributed by atoms with Crippen molar-refractivity contribution in [2.75, 3.05) is 19.6 Å². The lowest BCUT2D eigenvalue weighted by molar-refractivity contribution is -0.130. The molecule has 0 rings (SSSR count). The molecule has 0 aromatic rings. The summed E-state index contributed by atoms with van der Waals surface area (Å²) in [5, 5.41) is 9.10. The molecule has 26 heavy (non-hydrogen) atoms. The van der Waals surface area contributed by atoms with E-state index >= 15 is 0 Å². The molecular weight excluding hydrogens is 348 g/mol. The Labute approximate surface area is 150 Å². The molecule has 0 aliphatic rings. The summed E-state index contributed by atoms with van der Waals surface area (Å²) in [6.45, 7) is 5.34. The largest absolute Gasteiger partial charge is 0.444 e. The second-order valence-corrected chi connectivity index (χ2v) is 6.21. The summed E-state index contributed by atoms with van der Waals surface area (Å²) in [6, 6.07) is -0.926. The Morgan fingerprint density at radius 2 is 1.42 bits per heavy atom. The van der Waals surface area contributed by atoms with Crippen molar-refractivity contribution in [3.63, 3.8) is 0 Å². The van der Waals surface area contributed by atoms with E-state index in [1.54, 1.807) is 20.8 Å². The number of carbonyl (C=O) groups is 5. The summed E-state index contributed by atoms with van der Waals surface area (Å²) in [6.07, 6.45) is -0.760. The van der Waals surface area contributed by atoms with E-state index in [1.807, 2.05) is 5.43 Å². The average Bonchev–Trinajstić information content (AvgIpc) is 2.53. The summed E-state index contributed by atoms with van der Waals surface area (Å²) >= 11 is 0. The van der Waals surface area contributed by atoms with Gasteiger partial charge in [0.05, 0.1) is 13.1 Å². The summed E-state index contributed by atoms with van der Waals surface area (Å²) in [5.41, 5.74) is 1.15. The van der Waals surface area contributed by atoms with E-state index in [9.17, 15) is 24.0 Å². The molecule has 0 saturated heterocycles. The molecule has 0 aliphatic heterocycles. The van der Waals surface area contributed by atoms with Gasteiger partial charge in [-0.05, 0) is 27.7 Å². The van der Waals surface area contributed by atoms with E-state index in [0.717, 1.165) is 0 Å². The maximum atomic E-state index is 11.7. The zero-order valence-corrected chi connectivity index (χ0v) is 15.2. The van der Waals surface area contributed by atoms with Crippen LogP contribution in [0.25, 0.3) is 0 Å². The van der Waals surface area contributed by atoms with Crippen LogP contribution in [0.15, 0.2) is 0 Å². The molecule has 148 valence electrons. The minimum Gasteiger partial charge on any atom is -0.444 e. The van der Waals surface area contributed by atoms with Crippen molar-refractivity contribution in [3.8, 4) is 0 Å². The molecule has 0 aromatic carbocycles. The molecule has 12 heteroatoms. The lowest BCUT2D eigenvalue weighted by Crippen LogP contribution is -2.50. The van der Waals surface area contributed by atoms with Crippen LogP contribution in [-0.2, 0) is 23.9 Å². The van der Waals surface area contributed by atoms with Gasteiger partial charge in [-0.1, -0.05) is 0 Å². The van der Waals surface area contributed by atoms with Gasteiger partial charge in [0.2, 0.25) is 17.7 Å². The third-order valence-corrected chi connectivity index (χ3v) is 2.59. The summed E-state index contributed by atoms with van der Waals surface area (Å²) in [5.74, 6) is 2.44. The molecule has 0 bridgehead atoms. The van der Waals surface area contributed by atoms with Gasteiger partial charge in [0, 0.05) is 0 Å². The molecule has 0 fully saturated rings. The van der Waals surface area contributed by atoms with Crippen molar-refractivity contribution >= 4 is 29.7 Å². The van der Waals surface area contributed by atoms with Crippen LogP contribution < -0.4 is 32.5 Å². The van der Waals surface area contributed by atoms with Crippen LogP contribution in [0.5, 0.6) is 0 Å². The molecule has 0 spiro atoms. The maximum absolute atomic E-state index is 11.7. The number of hydrogen-bond acceptors (Lipinski definition) is 7. The van der Waals surface area contributed by atoms with Gasteiger partial charge in [0.25, 0.3) is 5.91 Å². The van der Waals surface area contributed by atoms with Crippen molar-refractivity contribution in [1.29, 1.82) is 0 Å². The first-order valence-corrected chi connectivity index (χ1v) is 7.74. The van der Waals surface area contributed by atoms with E-state index in [1.165, 1.54) is 6.92 Å². The number of hydrazine groups is 1. The van der Waals surface area contributed by atoms with Gasteiger partial charge in [0.1, 0.15) is 18.2 Å². The molecule has 12 nitrogen and oxygen atoms in total. The Morgan fingerprint density at radius 3 is 1.96 bits per heavy atom. The fourth-order valence-electron chi connectivity index (χ4n) is 1.44. The Hall–Kier alpha value is -2.89. The predicted octanol–water partition coefficient (Wildman–Crippen LogP) is -2.76. The topological polar surface area (TPSA) is 181 Å². The summed E-state index contributed by atoms with van der Waals surface area (Å²) in [4.78, 5) is 57.1. The van der Waals surface area contributed by atoms with Crippen LogP contribution in [0.3, 0.4) is 0 Å². The average molecular weight is 374 g/mol. The van der Waals surface area contributed by atoms with Crippen molar-refractivity contribution in [3.05, 3.63) is 0 Å². The van der Waals surface area contributed by atoms with Gasteiger partial charge < -0.3 is 26.0 Å². The van der Waals surface area contributed by atoms with E-state index in [2.05, 4.69) is 21.3 Å². The number of hydrogen-bond donors (Lipinski definition) is 6. The number of ether oxygens (including phenoxy) is 1. The Bertz CT molecular complexity index is 545. The van der Waals surface area contributed by atoms with E-state index in [0.29, 0.717) is 0 Å². The van der Waals surface area contributed by atoms with Gasteiger partial charge in [-0.2, -0.15) is 0 Å². The lowest BCUT2D eigenvalue weighted by Gasteiger charge is -2.19. The molecule has 0 unspecified atom stereocenters. The number of alkyl carbamates (subject to hydrolysis) is 1. The number of carbonyl (C=O) groups excluding carboxylic acids is 5. The zero-order chi connectivity index (χ0) is 20.3. The van der Waals surface area contributed by atoms with Crippen LogP contribution in [0.1, 0.15) is 27.7 Å². The van der Waals surface area contributed by atoms with Crippen LogP contribution >= 0.6 is 0 Å². The van der Waals surface area contributed by atoms with Crippen molar-refractivity contribution < 1.29 is 28.7 Å². The smallest absolute Gasteiger partial charge is 0.408 e. The molecule has 0 aromatic heterocycles. The molecular formula is C14H26N6O6. The van der Waals surface area contributed by atoms with Crippen molar-refractivity contribution in [1.82, 2.24) is 26.7 Å². The molecule has 0 heterocycles. The predicted molar refractivity (Wildman–Crippen MR) is 90.2 cm³/mol. The maximum Gasteiger partial charge on any atom is 0.408 e. The Kier molecular flexibility index (Phi) is 9.66. The monoisotopic (exact) mass is 374 g/mol. The molecule has 0 saturated carbocycles. The van der Waals surface area contributed by atoms with Crippen molar-refractivity contribution in [2.24, 2.45) is 5.84 Å². The standard InChI is InChI=1S/C14H26N6O6/c1-8(12(24)17-7-11(23)20-15)19-10(22)6-16-9(21)5-18-13(25)26-14(2,3)4/h8H,5-7,15H2,1-4H3,(H,16,21)(H,17,24)(H,18,25)(H,19,22)(H,20,23)/t8-/m0/s1. The molecule has 5 amide bonds. The number of rotatable bonds is 8. The highest BCUT2D eigenvalue weighted by Crippen LogP contribution is 2.05. The van der Waals surface area contributed by atoms with Crippen LogP contribution in [-0.4, -0.2) is 61.0 Å². The molecule has 0 aliphatic carbocycles. The quantitative estimate of drug-likeness (QED) is 0.151. The third kappa shape index (κ3) is 11.6. The SMILES string of the molecule is C[C@H](NC(=O)CNC(=O)CNC(=O)OC(C)(C)C)C(=O)NCC(=O)NN. The fraction of sp³-hybridized carbons (Fsp3) is 0.643. The number of nitrogens with two attached hydrogens (primary N) is 1. The highest BCUT2D eigenvalue weighted by atomic mass is 16.6. The Morgan fingerprint density at radius 1 is 0.885 bits per heavy atom. The first-order chi connectivity index (χ1) is 11.9. The first kappa shape index (κ1) is 23.1. The van der Waals surface area contributed by atoms with Gasteiger partial charge >= 0.3 is 6.09 Å². The highest BCUT2D eigenvalue weighted by Gasteiger charge is 2.18. The number of nitrogens with one attached hydrogen (secondary N) is 5. The molecule has 1 atom stereocenters. The van der Waals surface area contributed by atoms with E-state index in [-0.39, 0.29) is 13.1 Å². The summed E-state index contributed by atoms with van der Waals surface area (Å²) < 4.78 is 4.95. The van der Waals surface area contributed by atoms with E-state index in [4.69, 9.17) is 10.6 Å². The minimum absolute atomic E-state index is 0.331. The fourth-order valence-corrected chi connectivity index (χ4v) is 1.44. The van der Waals surface area contributed by atoms with Gasteiger partial charge in [0.15, 0.2) is 0 Å². The van der Waals surface area contributed by atoms with Crippen LogP contribution in [0, 0.1) is 0 Å². The third-order valence-electron chi connectivity index (χ3n) is 2.59. The molecule has 0 radical (unpaired) electrons. The van der Waals surface area contributed by atoms with Gasteiger partial charge in [-0.3, -0.25) is 24.6 Å². The van der Waals surface area contributed by atoms with Crippen LogP contribution in [0.4, 0.5) is 4.79 Å². The summed E-state index contributed by atoms with van der Waals surface area (Å²) in [7, 11) is 0. The normalized spacial score (nSPS) is 11.6. The highest BCUT2D eigenvalue weighted by molar-refractivity contribution is 5.92. The Balaban J connectivity index is 4.06. The van der Waals surface area contributed by atoms with E-state index < -0.39 is 47.9 Å². The van der Waals surface area contributed by atoms with Crippen LogP contribution in [0.2, 0.25) is 0 Å². The lowest BCUT2D eigenvalue weighted by atomic mass is 10.2. The van der Waals surface area contributed by atoms with Gasteiger partial charge in [-0.15, -0.1) is 0 Å². The second kappa shape index (κ2) is 10.9. The first-order valence-electron chi connectivity index (χ1n) is 7.74.